The standard InChI is InChI=1S/C10H12NO2/c1-3-7-13-10(12)9-5-4-6-11(2)8-9/h3-6,8H,1,7H2,2H3/q+1. The fraction of sp³-hybridized carbons (Fsp3) is 0.200. The van der Waals surface area contributed by atoms with E-state index in [1.54, 1.807) is 29.0 Å². The third-order valence-electron chi connectivity index (χ3n) is 1.51. The van der Waals surface area contributed by atoms with E-state index in [1.807, 2.05) is 13.2 Å². The minimum absolute atomic E-state index is 0.247. The van der Waals surface area contributed by atoms with Gasteiger partial charge < -0.3 is 4.74 Å². The minimum atomic E-state index is -0.323. The van der Waals surface area contributed by atoms with Gasteiger partial charge in [-0.2, -0.15) is 0 Å². The van der Waals surface area contributed by atoms with Crippen molar-refractivity contribution in [1.82, 2.24) is 0 Å². The van der Waals surface area contributed by atoms with Gasteiger partial charge in [-0.05, 0) is 6.07 Å². The first-order valence-electron chi connectivity index (χ1n) is 3.97. The van der Waals surface area contributed by atoms with Crippen molar-refractivity contribution in [3.8, 4) is 0 Å². The number of rotatable bonds is 3. The topological polar surface area (TPSA) is 30.2 Å². The molecule has 1 heterocycles. The molecule has 0 aliphatic heterocycles. The third-order valence-corrected chi connectivity index (χ3v) is 1.51. The van der Waals surface area contributed by atoms with E-state index in [4.69, 9.17) is 4.74 Å². The van der Waals surface area contributed by atoms with Gasteiger partial charge in [0, 0.05) is 6.07 Å². The molecule has 0 bridgehead atoms. The van der Waals surface area contributed by atoms with Gasteiger partial charge >= 0.3 is 5.97 Å². The van der Waals surface area contributed by atoms with Crippen LogP contribution in [0.1, 0.15) is 10.4 Å². The number of pyridine rings is 1. The van der Waals surface area contributed by atoms with Gasteiger partial charge in [0.25, 0.3) is 0 Å². The predicted octanol–water partition coefficient (Wildman–Crippen LogP) is 0.854. The smallest absolute Gasteiger partial charge is 0.344 e. The number of hydrogen-bond donors (Lipinski definition) is 0. The Morgan fingerprint density at radius 2 is 2.54 bits per heavy atom. The number of nitrogens with zero attached hydrogens (tertiary/aromatic N) is 1. The molecule has 0 saturated carbocycles. The molecular formula is C10H12NO2+. The molecule has 1 aromatic rings. The molecule has 3 nitrogen and oxygen atoms in total. The number of carbonyl (C=O) groups is 1. The molecule has 0 radical (unpaired) electrons. The van der Waals surface area contributed by atoms with E-state index in [1.165, 1.54) is 0 Å². The highest BCUT2D eigenvalue weighted by atomic mass is 16.5. The van der Waals surface area contributed by atoms with E-state index >= 15 is 0 Å². The average Bonchev–Trinajstić information content (AvgIpc) is 2.14. The Hall–Kier alpha value is -1.64. The molecule has 0 spiro atoms. The Balaban J connectivity index is 2.71. The molecule has 0 fully saturated rings. The summed E-state index contributed by atoms with van der Waals surface area (Å²) in [4.78, 5) is 11.3. The lowest BCUT2D eigenvalue weighted by atomic mass is 10.3. The highest BCUT2D eigenvalue weighted by molar-refractivity contribution is 5.88. The van der Waals surface area contributed by atoms with Gasteiger partial charge in [-0.1, -0.05) is 12.7 Å². The van der Waals surface area contributed by atoms with Crippen LogP contribution in [0.25, 0.3) is 0 Å². The summed E-state index contributed by atoms with van der Waals surface area (Å²) in [6.07, 6.45) is 5.11. The maximum Gasteiger partial charge on any atom is 0.344 e. The third kappa shape index (κ3) is 2.71. The minimum Gasteiger partial charge on any atom is -0.458 e. The van der Waals surface area contributed by atoms with Crippen LogP contribution in [0.5, 0.6) is 0 Å². The van der Waals surface area contributed by atoms with E-state index in [-0.39, 0.29) is 12.6 Å². The number of esters is 1. The summed E-state index contributed by atoms with van der Waals surface area (Å²) < 4.78 is 6.66. The molecule has 0 aromatic carbocycles. The summed E-state index contributed by atoms with van der Waals surface area (Å²) in [7, 11) is 1.85. The van der Waals surface area contributed by atoms with Gasteiger partial charge in [-0.25, -0.2) is 9.36 Å². The van der Waals surface area contributed by atoms with E-state index in [0.717, 1.165) is 0 Å². The van der Waals surface area contributed by atoms with Crippen molar-refractivity contribution in [2.45, 2.75) is 0 Å². The fourth-order valence-electron chi connectivity index (χ4n) is 0.927. The van der Waals surface area contributed by atoms with Crippen molar-refractivity contribution in [2.75, 3.05) is 6.61 Å². The summed E-state index contributed by atoms with van der Waals surface area (Å²) in [6.45, 7) is 3.71. The molecule has 0 saturated heterocycles. The highest BCUT2D eigenvalue weighted by Gasteiger charge is 2.08. The van der Waals surface area contributed by atoms with Crippen LogP contribution in [0.15, 0.2) is 37.2 Å². The van der Waals surface area contributed by atoms with E-state index in [9.17, 15) is 4.79 Å². The van der Waals surface area contributed by atoms with Gasteiger partial charge in [0.05, 0.1) is 0 Å². The van der Waals surface area contributed by atoms with Crippen LogP contribution in [0.3, 0.4) is 0 Å². The van der Waals surface area contributed by atoms with Crippen LogP contribution in [0, 0.1) is 0 Å². The predicted molar refractivity (Wildman–Crippen MR) is 48.1 cm³/mol. The lowest BCUT2D eigenvalue weighted by Gasteiger charge is -1.99. The average molecular weight is 178 g/mol. The van der Waals surface area contributed by atoms with E-state index < -0.39 is 0 Å². The van der Waals surface area contributed by atoms with Crippen LogP contribution in [0.4, 0.5) is 0 Å². The zero-order chi connectivity index (χ0) is 9.68. The lowest BCUT2D eigenvalue weighted by molar-refractivity contribution is -0.671. The SMILES string of the molecule is C=CCOC(=O)c1ccc[n+](C)c1. The molecule has 0 unspecified atom stereocenters. The summed E-state index contributed by atoms with van der Waals surface area (Å²) in [6, 6.07) is 3.51. The Morgan fingerprint density at radius 3 is 3.15 bits per heavy atom. The summed E-state index contributed by atoms with van der Waals surface area (Å²) in [5, 5.41) is 0. The number of aryl methyl sites for hydroxylation is 1. The van der Waals surface area contributed by atoms with E-state index in [2.05, 4.69) is 6.58 Å². The molecule has 1 aromatic heterocycles. The number of hydrogen-bond acceptors (Lipinski definition) is 2. The van der Waals surface area contributed by atoms with Gasteiger partial charge in [0.1, 0.15) is 19.2 Å². The number of carbonyl (C=O) groups excluding carboxylic acids is 1. The maximum absolute atomic E-state index is 11.3. The number of aromatic nitrogens is 1. The van der Waals surface area contributed by atoms with Crippen LogP contribution >= 0.6 is 0 Å². The maximum atomic E-state index is 11.3. The van der Waals surface area contributed by atoms with Crippen molar-refractivity contribution in [3.05, 3.63) is 42.7 Å². The molecule has 0 atom stereocenters. The number of ether oxygens (including phenoxy) is 1. The fourth-order valence-corrected chi connectivity index (χ4v) is 0.927. The molecule has 68 valence electrons. The lowest BCUT2D eigenvalue weighted by Crippen LogP contribution is -2.28. The van der Waals surface area contributed by atoms with Crippen molar-refractivity contribution in [1.29, 1.82) is 0 Å². The van der Waals surface area contributed by atoms with Crippen molar-refractivity contribution in [2.24, 2.45) is 7.05 Å². The Kier molecular flexibility index (Phi) is 3.20. The van der Waals surface area contributed by atoms with Gasteiger partial charge in [0.2, 0.25) is 0 Å². The second kappa shape index (κ2) is 4.40. The zero-order valence-corrected chi connectivity index (χ0v) is 7.56. The van der Waals surface area contributed by atoms with Gasteiger partial charge in [0.15, 0.2) is 12.4 Å². The Morgan fingerprint density at radius 1 is 1.77 bits per heavy atom. The summed E-state index contributed by atoms with van der Waals surface area (Å²) in [5.74, 6) is -0.323. The van der Waals surface area contributed by atoms with Crippen molar-refractivity contribution >= 4 is 5.97 Å². The first-order chi connectivity index (χ1) is 6.24. The molecule has 0 amide bonds. The zero-order valence-electron chi connectivity index (χ0n) is 7.56. The Labute approximate surface area is 77.3 Å². The molecule has 3 heteroatoms. The van der Waals surface area contributed by atoms with Gasteiger partial charge in [-0.15, -0.1) is 0 Å². The first kappa shape index (κ1) is 9.45. The second-order valence-corrected chi connectivity index (χ2v) is 2.65. The molecular weight excluding hydrogens is 166 g/mol. The molecule has 0 aliphatic carbocycles. The van der Waals surface area contributed by atoms with E-state index in [0.29, 0.717) is 5.56 Å². The monoisotopic (exact) mass is 178 g/mol. The second-order valence-electron chi connectivity index (χ2n) is 2.65. The molecule has 0 aliphatic rings. The molecule has 13 heavy (non-hydrogen) atoms. The highest BCUT2D eigenvalue weighted by Crippen LogP contribution is 1.97. The van der Waals surface area contributed by atoms with Crippen LogP contribution in [-0.4, -0.2) is 12.6 Å². The molecule has 1 rings (SSSR count). The van der Waals surface area contributed by atoms with Crippen LogP contribution in [0.2, 0.25) is 0 Å². The van der Waals surface area contributed by atoms with Crippen LogP contribution < -0.4 is 4.57 Å². The quantitative estimate of drug-likeness (QED) is 0.390. The van der Waals surface area contributed by atoms with Crippen molar-refractivity contribution < 1.29 is 14.1 Å². The first-order valence-corrected chi connectivity index (χ1v) is 3.97. The van der Waals surface area contributed by atoms with Crippen LogP contribution in [-0.2, 0) is 11.8 Å². The Bertz CT molecular complexity index is 320. The normalized spacial score (nSPS) is 9.31. The molecule has 0 N–H and O–H groups in total. The van der Waals surface area contributed by atoms with Crippen molar-refractivity contribution in [3.63, 3.8) is 0 Å². The van der Waals surface area contributed by atoms with Gasteiger partial charge in [-0.3, -0.25) is 0 Å². The summed E-state index contributed by atoms with van der Waals surface area (Å²) in [5.41, 5.74) is 0.548. The largest absolute Gasteiger partial charge is 0.458 e. The summed E-state index contributed by atoms with van der Waals surface area (Å²) >= 11 is 0.